The number of benzene rings is 2. The van der Waals surface area contributed by atoms with E-state index in [9.17, 15) is 9.90 Å². The molecule has 0 aliphatic rings. The fraction of sp³-hybridized carbons (Fsp3) is 0.300. The van der Waals surface area contributed by atoms with Crippen LogP contribution in [0.1, 0.15) is 26.3 Å². The number of anilines is 1. The first-order chi connectivity index (χ1) is 12.9. The van der Waals surface area contributed by atoms with Crippen molar-refractivity contribution in [3.05, 3.63) is 52.5 Å². The van der Waals surface area contributed by atoms with E-state index < -0.39 is 6.10 Å². The summed E-state index contributed by atoms with van der Waals surface area (Å²) in [6.07, 6.45) is 0.695. The van der Waals surface area contributed by atoms with Crippen LogP contribution in [-0.2, 0) is 4.79 Å². The lowest BCUT2D eigenvalue weighted by atomic mass is 10.2. The van der Waals surface area contributed by atoms with Gasteiger partial charge in [-0.2, -0.15) is 5.10 Å². The fourth-order valence-corrected chi connectivity index (χ4v) is 2.86. The van der Waals surface area contributed by atoms with E-state index in [1.165, 1.54) is 6.21 Å². The quantitative estimate of drug-likeness (QED) is 0.488. The van der Waals surface area contributed by atoms with Gasteiger partial charge in [-0.3, -0.25) is 4.79 Å². The maximum Gasteiger partial charge on any atom is 0.280 e. The minimum atomic E-state index is -0.713. The number of nitrogens with one attached hydrogen (secondary N) is 1. The van der Waals surface area contributed by atoms with Gasteiger partial charge in [0.25, 0.3) is 5.91 Å². The molecule has 0 heterocycles. The Morgan fingerprint density at radius 2 is 2.04 bits per heavy atom. The fourth-order valence-electron chi connectivity index (χ4n) is 2.48. The molecule has 0 aliphatic carbocycles. The molecular weight excluding hydrogens is 410 g/mol. The number of hydrogen-bond acceptors (Lipinski definition) is 5. The number of amides is 1. The van der Waals surface area contributed by atoms with Gasteiger partial charge in [0.2, 0.25) is 0 Å². The molecule has 0 aromatic heterocycles. The minimum absolute atomic E-state index is 0.107. The molecule has 2 rings (SSSR count). The normalized spacial score (nSPS) is 12.0. The molecule has 0 bridgehead atoms. The number of carbonyl (C=O) groups is 1. The van der Waals surface area contributed by atoms with E-state index in [1.54, 1.807) is 31.2 Å². The van der Waals surface area contributed by atoms with Gasteiger partial charge in [-0.1, -0.05) is 22.0 Å². The molecular formula is C20H24BrN3O3. The highest BCUT2D eigenvalue weighted by molar-refractivity contribution is 9.10. The maximum atomic E-state index is 12.1. The van der Waals surface area contributed by atoms with Gasteiger partial charge in [0, 0.05) is 34.9 Å². The average Bonchev–Trinajstić information content (AvgIpc) is 2.64. The molecule has 6 nitrogen and oxygen atoms in total. The molecule has 27 heavy (non-hydrogen) atoms. The Bertz CT molecular complexity index is 807. The molecule has 0 radical (unpaired) electrons. The molecule has 7 heteroatoms. The number of phenols is 1. The summed E-state index contributed by atoms with van der Waals surface area (Å²) in [5.74, 6) is 0.307. The van der Waals surface area contributed by atoms with Crippen molar-refractivity contribution in [2.75, 3.05) is 18.0 Å². The van der Waals surface area contributed by atoms with E-state index >= 15 is 0 Å². The van der Waals surface area contributed by atoms with E-state index in [-0.39, 0.29) is 11.7 Å². The predicted octanol–water partition coefficient (Wildman–Crippen LogP) is 3.92. The summed E-state index contributed by atoms with van der Waals surface area (Å²) in [5, 5.41) is 14.1. The zero-order chi connectivity index (χ0) is 19.8. The second-order valence-electron chi connectivity index (χ2n) is 5.87. The van der Waals surface area contributed by atoms with Crippen molar-refractivity contribution >= 4 is 33.7 Å². The number of rotatable bonds is 8. The van der Waals surface area contributed by atoms with Crippen molar-refractivity contribution in [3.63, 3.8) is 0 Å². The van der Waals surface area contributed by atoms with Crippen LogP contribution in [0.5, 0.6) is 11.5 Å². The van der Waals surface area contributed by atoms with Crippen molar-refractivity contribution in [1.82, 2.24) is 5.43 Å². The van der Waals surface area contributed by atoms with Gasteiger partial charge in [-0.05, 0) is 51.1 Å². The average molecular weight is 434 g/mol. The topological polar surface area (TPSA) is 74.2 Å². The van der Waals surface area contributed by atoms with Crippen molar-refractivity contribution < 1.29 is 14.6 Å². The van der Waals surface area contributed by atoms with E-state index in [1.807, 2.05) is 18.2 Å². The van der Waals surface area contributed by atoms with Crippen LogP contribution in [0.25, 0.3) is 0 Å². The third-order valence-electron chi connectivity index (χ3n) is 4.00. The maximum absolute atomic E-state index is 12.1. The SMILES string of the molecule is CCN(CC)c1ccc(/C=N/NC(=O)C(C)Oc2cccc(Br)c2)c(O)c1. The van der Waals surface area contributed by atoms with Crippen LogP contribution in [0.2, 0.25) is 0 Å². The number of aromatic hydroxyl groups is 1. The van der Waals surface area contributed by atoms with E-state index in [4.69, 9.17) is 4.74 Å². The summed E-state index contributed by atoms with van der Waals surface area (Å²) < 4.78 is 6.45. The summed E-state index contributed by atoms with van der Waals surface area (Å²) in [5.41, 5.74) is 3.88. The van der Waals surface area contributed by atoms with Gasteiger partial charge in [0.05, 0.1) is 6.21 Å². The Labute approximate surface area is 168 Å². The second-order valence-corrected chi connectivity index (χ2v) is 6.78. The van der Waals surface area contributed by atoms with Crippen LogP contribution in [0, 0.1) is 0 Å². The van der Waals surface area contributed by atoms with Crippen molar-refractivity contribution in [1.29, 1.82) is 0 Å². The number of phenolic OH excluding ortho intramolecular Hbond substituents is 1. The van der Waals surface area contributed by atoms with Gasteiger partial charge in [0.1, 0.15) is 11.5 Å². The number of hydrazone groups is 1. The summed E-state index contributed by atoms with van der Waals surface area (Å²) in [6, 6.07) is 12.6. The molecule has 0 fully saturated rings. The van der Waals surface area contributed by atoms with Gasteiger partial charge >= 0.3 is 0 Å². The molecule has 0 spiro atoms. The molecule has 1 unspecified atom stereocenters. The Hall–Kier alpha value is -2.54. The lowest BCUT2D eigenvalue weighted by Crippen LogP contribution is -2.33. The second kappa shape index (κ2) is 9.97. The van der Waals surface area contributed by atoms with Gasteiger partial charge < -0.3 is 14.7 Å². The van der Waals surface area contributed by atoms with Crippen molar-refractivity contribution in [3.8, 4) is 11.5 Å². The van der Waals surface area contributed by atoms with Crippen LogP contribution in [0.15, 0.2) is 52.0 Å². The first-order valence-electron chi connectivity index (χ1n) is 8.77. The summed E-state index contributed by atoms with van der Waals surface area (Å²) in [4.78, 5) is 14.2. The summed E-state index contributed by atoms with van der Waals surface area (Å²) in [7, 11) is 0. The van der Waals surface area contributed by atoms with E-state index in [2.05, 4.69) is 45.2 Å². The highest BCUT2D eigenvalue weighted by Gasteiger charge is 2.14. The Kier molecular flexibility index (Phi) is 7.67. The van der Waals surface area contributed by atoms with Crippen molar-refractivity contribution in [2.45, 2.75) is 26.9 Å². The number of hydrogen-bond donors (Lipinski definition) is 2. The number of nitrogens with zero attached hydrogens (tertiary/aromatic N) is 2. The molecule has 1 amide bonds. The third kappa shape index (κ3) is 5.99. The number of halogens is 1. The van der Waals surface area contributed by atoms with Crippen LogP contribution < -0.4 is 15.1 Å². The molecule has 0 saturated heterocycles. The van der Waals surface area contributed by atoms with Crippen LogP contribution >= 0.6 is 15.9 Å². The highest BCUT2D eigenvalue weighted by Crippen LogP contribution is 2.23. The van der Waals surface area contributed by atoms with Crippen LogP contribution in [-0.4, -0.2) is 36.4 Å². The number of ether oxygens (including phenoxy) is 1. The smallest absolute Gasteiger partial charge is 0.280 e. The molecule has 0 aliphatic heterocycles. The Balaban J connectivity index is 1.95. The first kappa shape index (κ1) is 20.8. The van der Waals surface area contributed by atoms with E-state index in [0.717, 1.165) is 23.2 Å². The van der Waals surface area contributed by atoms with Crippen LogP contribution in [0.3, 0.4) is 0 Å². The van der Waals surface area contributed by atoms with Crippen LogP contribution in [0.4, 0.5) is 5.69 Å². The Morgan fingerprint density at radius 1 is 1.30 bits per heavy atom. The molecule has 0 saturated carbocycles. The predicted molar refractivity (Wildman–Crippen MR) is 112 cm³/mol. The summed E-state index contributed by atoms with van der Waals surface area (Å²) >= 11 is 3.36. The lowest BCUT2D eigenvalue weighted by molar-refractivity contribution is -0.127. The highest BCUT2D eigenvalue weighted by atomic mass is 79.9. The third-order valence-corrected chi connectivity index (χ3v) is 4.49. The Morgan fingerprint density at radius 3 is 2.67 bits per heavy atom. The molecule has 2 N–H and O–H groups in total. The first-order valence-corrected chi connectivity index (χ1v) is 9.57. The van der Waals surface area contributed by atoms with Gasteiger partial charge in [-0.15, -0.1) is 0 Å². The van der Waals surface area contributed by atoms with Crippen molar-refractivity contribution in [2.24, 2.45) is 5.10 Å². The van der Waals surface area contributed by atoms with Gasteiger partial charge in [-0.25, -0.2) is 5.43 Å². The largest absolute Gasteiger partial charge is 0.507 e. The monoisotopic (exact) mass is 433 g/mol. The molecule has 2 aromatic carbocycles. The van der Waals surface area contributed by atoms with Gasteiger partial charge in [0.15, 0.2) is 6.10 Å². The summed E-state index contributed by atoms with van der Waals surface area (Å²) in [6.45, 7) is 7.47. The standard InChI is InChI=1S/C20H24BrN3O3/c1-4-24(5-2)17-10-9-15(19(25)12-17)13-22-23-20(26)14(3)27-18-8-6-7-16(21)11-18/h6-14,25H,4-5H2,1-3H3,(H,23,26)/b22-13+. The minimum Gasteiger partial charge on any atom is -0.507 e. The molecule has 1 atom stereocenters. The molecule has 144 valence electrons. The molecule has 2 aromatic rings. The van der Waals surface area contributed by atoms with E-state index in [0.29, 0.717) is 11.3 Å². The lowest BCUT2D eigenvalue weighted by Gasteiger charge is -2.21. The zero-order valence-corrected chi connectivity index (χ0v) is 17.2. The zero-order valence-electron chi connectivity index (χ0n) is 15.6. The number of carbonyl (C=O) groups excluding carboxylic acids is 1.